The number of hydrogen-bond acceptors (Lipinski definition) is 9. The lowest BCUT2D eigenvalue weighted by Gasteiger charge is -2.29. The highest BCUT2D eigenvalue weighted by atomic mass is 35.5. The summed E-state index contributed by atoms with van der Waals surface area (Å²) in [5, 5.41) is 12.9. The lowest BCUT2D eigenvalue weighted by atomic mass is 9.98. The maximum Gasteiger partial charge on any atom is 0.255 e. The molecule has 0 spiro atoms. The zero-order valence-electron chi connectivity index (χ0n) is 29.5. The molecule has 270 valence electrons. The second-order valence-electron chi connectivity index (χ2n) is 13.6. The number of nitrogens with one attached hydrogen (secondary N) is 1. The molecule has 3 aliphatic heterocycles. The predicted octanol–water partition coefficient (Wildman–Crippen LogP) is 6.29. The third-order valence-corrected chi connectivity index (χ3v) is 11.8. The van der Waals surface area contributed by atoms with E-state index in [1.165, 1.54) is 10.4 Å². The molecule has 1 N–H and O–H groups in total. The van der Waals surface area contributed by atoms with Gasteiger partial charge in [0.15, 0.2) is 5.82 Å². The first-order chi connectivity index (χ1) is 25.7. The number of piperidine rings is 1. The highest BCUT2D eigenvalue weighted by Crippen LogP contribution is 2.38. The van der Waals surface area contributed by atoms with E-state index < -0.39 is 11.9 Å². The van der Waals surface area contributed by atoms with Crippen molar-refractivity contribution < 1.29 is 19.1 Å². The van der Waals surface area contributed by atoms with Crippen molar-refractivity contribution in [2.75, 3.05) is 6.61 Å². The van der Waals surface area contributed by atoms with Gasteiger partial charge in [-0.25, -0.2) is 0 Å². The number of carbonyl (C=O) groups is 3. The summed E-state index contributed by atoms with van der Waals surface area (Å²) in [4.78, 5) is 49.8. The molecule has 1 fully saturated rings. The molecule has 3 aliphatic rings. The summed E-state index contributed by atoms with van der Waals surface area (Å²) in [5.41, 5.74) is 8.02. The van der Waals surface area contributed by atoms with E-state index in [0.29, 0.717) is 36.7 Å². The third kappa shape index (κ3) is 6.89. The van der Waals surface area contributed by atoms with Gasteiger partial charge in [0.1, 0.15) is 29.2 Å². The van der Waals surface area contributed by atoms with E-state index >= 15 is 0 Å². The normalized spacial score (nSPS) is 16.5. The molecule has 8 rings (SSSR count). The molecule has 3 aromatic heterocycles. The van der Waals surface area contributed by atoms with Gasteiger partial charge in [0, 0.05) is 45.2 Å². The largest absolute Gasteiger partial charge is 0.492 e. The van der Waals surface area contributed by atoms with Gasteiger partial charge < -0.3 is 9.64 Å². The van der Waals surface area contributed by atoms with Crippen LogP contribution in [0.4, 0.5) is 0 Å². The first kappa shape index (κ1) is 34.9. The standard InChI is InChI=1S/C40H38ClN7O4S/c1-23-33(53-40-36(23)37(26-9-11-27(41)12-10-26)43-21-34-46-45-24(2)48(34)40)17-14-28-13-15-29(20-42-28)52-19-4-3-6-25-7-5-8-30-31(25)22-47(39(30)51)32-16-18-35(49)44-38(32)50/h5,7-13,15,20,32H,3-4,6,14,16-19,21-22H2,1-2H3,(H,44,49,50). The number of aromatic nitrogens is 4. The molecule has 1 atom stereocenters. The van der Waals surface area contributed by atoms with E-state index in [-0.39, 0.29) is 18.2 Å². The van der Waals surface area contributed by atoms with Crippen molar-refractivity contribution in [3.05, 3.63) is 121 Å². The summed E-state index contributed by atoms with van der Waals surface area (Å²) in [6.07, 6.45) is 6.55. The highest BCUT2D eigenvalue weighted by molar-refractivity contribution is 7.15. The van der Waals surface area contributed by atoms with Gasteiger partial charge in [0.2, 0.25) is 11.8 Å². The van der Waals surface area contributed by atoms with E-state index in [1.54, 1.807) is 22.4 Å². The second-order valence-corrected chi connectivity index (χ2v) is 15.2. The van der Waals surface area contributed by atoms with E-state index in [9.17, 15) is 14.4 Å². The SMILES string of the molecule is Cc1c(CCc2ccc(OCCCCc3cccc4c3CN(C3CCC(=O)NC3=O)C4=O)cn2)sc2c1C(c1ccc(Cl)cc1)=NCc1nnc(C)n1-2. The molecule has 5 aromatic rings. The van der Waals surface area contributed by atoms with E-state index in [2.05, 4.69) is 33.1 Å². The fourth-order valence-electron chi connectivity index (χ4n) is 7.44. The van der Waals surface area contributed by atoms with Crippen LogP contribution in [0.3, 0.4) is 0 Å². The number of carbonyl (C=O) groups excluding carboxylic acids is 3. The summed E-state index contributed by atoms with van der Waals surface area (Å²) in [5.74, 6) is 1.59. The van der Waals surface area contributed by atoms with E-state index in [4.69, 9.17) is 26.3 Å². The number of rotatable bonds is 11. The van der Waals surface area contributed by atoms with Crippen LogP contribution in [-0.2, 0) is 41.9 Å². The van der Waals surface area contributed by atoms with Gasteiger partial charge in [0.05, 0.1) is 18.5 Å². The van der Waals surface area contributed by atoms with Crippen LogP contribution in [0.1, 0.15) is 86.1 Å². The van der Waals surface area contributed by atoms with Gasteiger partial charge >= 0.3 is 0 Å². The number of unbranched alkanes of at least 4 members (excludes halogenated alkanes) is 1. The van der Waals surface area contributed by atoms with Crippen LogP contribution in [0.15, 0.2) is 65.8 Å². The maximum absolute atomic E-state index is 13.1. The van der Waals surface area contributed by atoms with Gasteiger partial charge in [-0.3, -0.25) is 34.2 Å². The van der Waals surface area contributed by atoms with Gasteiger partial charge in [-0.15, -0.1) is 21.5 Å². The molecule has 1 saturated heterocycles. The van der Waals surface area contributed by atoms with Crippen molar-refractivity contribution in [2.45, 2.75) is 77.9 Å². The Labute approximate surface area is 316 Å². The fourth-order valence-corrected chi connectivity index (χ4v) is 8.94. The molecule has 0 saturated carbocycles. The number of imide groups is 1. The number of benzene rings is 2. The van der Waals surface area contributed by atoms with Gasteiger partial charge in [-0.05, 0) is 99.4 Å². The molecule has 6 heterocycles. The minimum atomic E-state index is -0.610. The molecular formula is C40H38ClN7O4S. The van der Waals surface area contributed by atoms with Crippen molar-refractivity contribution in [3.8, 4) is 10.8 Å². The smallest absolute Gasteiger partial charge is 0.255 e. The van der Waals surface area contributed by atoms with Crippen LogP contribution < -0.4 is 10.1 Å². The summed E-state index contributed by atoms with van der Waals surface area (Å²) >= 11 is 7.98. The van der Waals surface area contributed by atoms with Gasteiger partial charge in [0.25, 0.3) is 5.91 Å². The topological polar surface area (TPSA) is 132 Å². The fraction of sp³-hybridized carbons (Fsp3) is 0.325. The highest BCUT2D eigenvalue weighted by Gasteiger charge is 2.39. The van der Waals surface area contributed by atoms with Crippen molar-refractivity contribution in [1.82, 2.24) is 30.0 Å². The lowest BCUT2D eigenvalue weighted by molar-refractivity contribution is -0.136. The molecule has 0 bridgehead atoms. The molecule has 2 aromatic carbocycles. The Hall–Kier alpha value is -5.20. The minimum Gasteiger partial charge on any atom is -0.492 e. The van der Waals surface area contributed by atoms with E-state index in [1.807, 2.05) is 55.5 Å². The number of nitrogens with zero attached hydrogens (tertiary/aromatic N) is 6. The summed E-state index contributed by atoms with van der Waals surface area (Å²) in [7, 11) is 0. The number of ether oxygens (including phenoxy) is 1. The molecule has 13 heteroatoms. The first-order valence-corrected chi connectivity index (χ1v) is 19.1. The van der Waals surface area contributed by atoms with Crippen LogP contribution >= 0.6 is 22.9 Å². The number of amides is 3. The van der Waals surface area contributed by atoms with Crippen LogP contribution in [0.2, 0.25) is 5.02 Å². The number of pyridine rings is 1. The second kappa shape index (κ2) is 14.7. The molecular weight excluding hydrogens is 710 g/mol. The summed E-state index contributed by atoms with van der Waals surface area (Å²) in [6.45, 7) is 5.55. The van der Waals surface area contributed by atoms with Crippen molar-refractivity contribution in [1.29, 1.82) is 0 Å². The Morgan fingerprint density at radius 1 is 0.981 bits per heavy atom. The molecule has 0 aliphatic carbocycles. The molecule has 0 radical (unpaired) electrons. The summed E-state index contributed by atoms with van der Waals surface area (Å²) in [6, 6.07) is 17.0. The zero-order valence-corrected chi connectivity index (χ0v) is 31.1. The van der Waals surface area contributed by atoms with Crippen LogP contribution in [0.5, 0.6) is 5.75 Å². The Balaban J connectivity index is 0.861. The maximum atomic E-state index is 13.1. The Morgan fingerprint density at radius 2 is 1.83 bits per heavy atom. The van der Waals surface area contributed by atoms with Crippen LogP contribution in [0, 0.1) is 13.8 Å². The number of thiophene rings is 1. The quantitative estimate of drug-likeness (QED) is 0.124. The molecule has 53 heavy (non-hydrogen) atoms. The lowest BCUT2D eigenvalue weighted by Crippen LogP contribution is -2.52. The van der Waals surface area contributed by atoms with Crippen LogP contribution in [0.25, 0.3) is 5.00 Å². The average molecular weight is 748 g/mol. The Morgan fingerprint density at radius 3 is 2.62 bits per heavy atom. The third-order valence-electron chi connectivity index (χ3n) is 10.2. The first-order valence-electron chi connectivity index (χ1n) is 17.9. The van der Waals surface area contributed by atoms with Gasteiger partial charge in [-0.2, -0.15) is 0 Å². The number of halogens is 1. The van der Waals surface area contributed by atoms with E-state index in [0.717, 1.165) is 88.2 Å². The Bertz CT molecular complexity index is 2260. The van der Waals surface area contributed by atoms with Crippen LogP contribution in [-0.4, -0.2) is 60.7 Å². The van der Waals surface area contributed by atoms with Crippen molar-refractivity contribution in [2.24, 2.45) is 4.99 Å². The Kier molecular flexibility index (Phi) is 9.65. The molecule has 3 amide bonds. The molecule has 11 nitrogen and oxygen atoms in total. The number of aryl methyl sites for hydroxylation is 4. The number of hydrogen-bond donors (Lipinski definition) is 1. The monoisotopic (exact) mass is 747 g/mol. The van der Waals surface area contributed by atoms with Gasteiger partial charge in [-0.1, -0.05) is 35.9 Å². The summed E-state index contributed by atoms with van der Waals surface area (Å²) < 4.78 is 8.18. The number of fused-ring (bicyclic) bond motifs is 4. The zero-order chi connectivity index (χ0) is 36.6. The van der Waals surface area contributed by atoms with Crippen molar-refractivity contribution >= 4 is 46.4 Å². The molecule has 1 unspecified atom stereocenters. The number of aliphatic imine (C=N–C) groups is 1. The minimum absolute atomic E-state index is 0.144. The predicted molar refractivity (Wildman–Crippen MR) is 202 cm³/mol. The average Bonchev–Trinajstić information content (AvgIpc) is 3.76. The van der Waals surface area contributed by atoms with Crippen molar-refractivity contribution in [3.63, 3.8) is 0 Å².